The van der Waals surface area contributed by atoms with E-state index >= 15 is 0 Å². The predicted molar refractivity (Wildman–Crippen MR) is 64.2 cm³/mol. The van der Waals surface area contributed by atoms with E-state index in [9.17, 15) is 14.4 Å². The molecule has 0 aromatic rings. The Morgan fingerprint density at radius 3 is 2.11 bits per heavy atom. The Kier molecular flexibility index (Phi) is 4.74. The Hall–Kier alpha value is -1.79. The second-order valence-corrected chi connectivity index (χ2v) is 4.44. The summed E-state index contributed by atoms with van der Waals surface area (Å²) in [4.78, 5) is 35.7. The monoisotopic (exact) mass is 273 g/mol. The molecule has 1 rings (SSSR count). The molecular weight excluding hydrogens is 254 g/mol. The van der Waals surface area contributed by atoms with Crippen molar-refractivity contribution in [3.63, 3.8) is 0 Å². The van der Waals surface area contributed by atoms with Gasteiger partial charge in [0, 0.05) is 0 Å². The third-order valence-corrected chi connectivity index (χ3v) is 2.76. The second kappa shape index (κ2) is 5.90. The van der Waals surface area contributed by atoms with Crippen molar-refractivity contribution in [2.45, 2.75) is 39.3 Å². The Bertz CT molecular complexity index is 360. The van der Waals surface area contributed by atoms with Crippen molar-refractivity contribution in [1.29, 1.82) is 0 Å². The van der Waals surface area contributed by atoms with Gasteiger partial charge in [0.15, 0.2) is 6.10 Å². The third-order valence-electron chi connectivity index (χ3n) is 2.76. The number of carbonyl (C=O) groups excluding carboxylic acids is 3. The van der Waals surface area contributed by atoms with Crippen LogP contribution in [0, 0.1) is 5.92 Å². The Morgan fingerprint density at radius 2 is 1.74 bits per heavy atom. The second-order valence-electron chi connectivity index (χ2n) is 4.44. The zero-order valence-electron chi connectivity index (χ0n) is 11.5. The number of rotatable bonds is 5. The lowest BCUT2D eigenvalue weighted by Crippen LogP contribution is -2.63. The van der Waals surface area contributed by atoms with Crippen LogP contribution >= 0.6 is 0 Å². The summed E-state index contributed by atoms with van der Waals surface area (Å²) < 4.78 is 14.8. The molecule has 0 aromatic heterocycles. The fourth-order valence-electron chi connectivity index (χ4n) is 2.01. The molecular formula is C12H19NO6. The van der Waals surface area contributed by atoms with Gasteiger partial charge in [-0.1, -0.05) is 13.8 Å². The first-order valence-electron chi connectivity index (χ1n) is 6.23. The van der Waals surface area contributed by atoms with Crippen LogP contribution in [0.4, 0.5) is 4.79 Å². The molecule has 1 atom stereocenters. The van der Waals surface area contributed by atoms with Crippen molar-refractivity contribution in [2.24, 2.45) is 5.92 Å². The molecule has 1 aliphatic rings. The van der Waals surface area contributed by atoms with Crippen molar-refractivity contribution in [3.05, 3.63) is 0 Å². The van der Waals surface area contributed by atoms with Crippen LogP contribution in [0.3, 0.4) is 0 Å². The highest BCUT2D eigenvalue weighted by Gasteiger charge is 2.63. The number of nitrogens with one attached hydrogen (secondary N) is 1. The lowest BCUT2D eigenvalue weighted by atomic mass is 9.86. The molecule has 1 aliphatic heterocycles. The summed E-state index contributed by atoms with van der Waals surface area (Å²) in [6.45, 7) is 6.86. The fourth-order valence-corrected chi connectivity index (χ4v) is 2.01. The number of amides is 1. The van der Waals surface area contributed by atoms with Gasteiger partial charge in [-0.15, -0.1) is 0 Å². The average molecular weight is 273 g/mol. The average Bonchev–Trinajstić information content (AvgIpc) is 2.69. The van der Waals surface area contributed by atoms with Crippen LogP contribution in [-0.2, 0) is 23.8 Å². The summed E-state index contributed by atoms with van der Waals surface area (Å²) >= 11 is 0. The van der Waals surface area contributed by atoms with Gasteiger partial charge in [-0.3, -0.25) is 5.32 Å². The van der Waals surface area contributed by atoms with Gasteiger partial charge in [0.2, 0.25) is 0 Å². The molecule has 1 amide bonds. The van der Waals surface area contributed by atoms with Crippen LogP contribution in [0.25, 0.3) is 0 Å². The third kappa shape index (κ3) is 2.64. The van der Waals surface area contributed by atoms with E-state index < -0.39 is 29.7 Å². The fraction of sp³-hybridized carbons (Fsp3) is 0.750. The minimum Gasteiger partial charge on any atom is -0.464 e. The van der Waals surface area contributed by atoms with Gasteiger partial charge < -0.3 is 14.2 Å². The maximum absolute atomic E-state index is 12.1. The first kappa shape index (κ1) is 15.3. The number of ether oxygens (including phenoxy) is 3. The topological polar surface area (TPSA) is 90.9 Å². The van der Waals surface area contributed by atoms with E-state index in [0.717, 1.165) is 0 Å². The van der Waals surface area contributed by atoms with E-state index in [1.807, 2.05) is 0 Å². The number of hydrogen-bond acceptors (Lipinski definition) is 6. The summed E-state index contributed by atoms with van der Waals surface area (Å²) in [5.74, 6) is -1.98. The van der Waals surface area contributed by atoms with E-state index in [2.05, 4.69) is 5.32 Å². The molecule has 7 nitrogen and oxygen atoms in total. The molecule has 108 valence electrons. The van der Waals surface area contributed by atoms with E-state index in [0.29, 0.717) is 0 Å². The standard InChI is InChI=1S/C12H19NO6/c1-5-17-9(14)12(10(15)18-6-2)8(7(3)4)19-11(16)13-12/h7-8H,5-6H2,1-4H3,(H,13,16)/t8-/m0/s1. The van der Waals surface area contributed by atoms with Crippen LogP contribution in [0.2, 0.25) is 0 Å². The van der Waals surface area contributed by atoms with Gasteiger partial charge >= 0.3 is 18.0 Å². The van der Waals surface area contributed by atoms with Crippen molar-refractivity contribution in [3.8, 4) is 0 Å². The highest BCUT2D eigenvalue weighted by molar-refractivity contribution is 6.09. The van der Waals surface area contributed by atoms with Crippen LogP contribution in [-0.4, -0.2) is 42.9 Å². The van der Waals surface area contributed by atoms with E-state index in [1.54, 1.807) is 27.7 Å². The molecule has 1 fully saturated rings. The quantitative estimate of drug-likeness (QED) is 0.448. The summed E-state index contributed by atoms with van der Waals surface area (Å²) in [5.41, 5.74) is -1.92. The van der Waals surface area contributed by atoms with E-state index in [-0.39, 0.29) is 19.1 Å². The predicted octanol–water partition coefficient (Wildman–Crippen LogP) is 0.616. The zero-order chi connectivity index (χ0) is 14.6. The minimum absolute atomic E-state index is 0.0840. The molecule has 0 unspecified atom stereocenters. The van der Waals surface area contributed by atoms with Crippen LogP contribution in [0.1, 0.15) is 27.7 Å². The first-order chi connectivity index (χ1) is 8.90. The zero-order valence-corrected chi connectivity index (χ0v) is 11.5. The Balaban J connectivity index is 3.20. The molecule has 0 bridgehead atoms. The maximum Gasteiger partial charge on any atom is 0.409 e. The van der Waals surface area contributed by atoms with Gasteiger partial charge in [0.05, 0.1) is 13.2 Å². The SMILES string of the molecule is CCOC(=O)C1(C(=O)OCC)NC(=O)O[C@H]1C(C)C. The number of esters is 2. The molecule has 0 aromatic carbocycles. The highest BCUT2D eigenvalue weighted by atomic mass is 16.6. The van der Waals surface area contributed by atoms with Gasteiger partial charge in [-0.25, -0.2) is 14.4 Å². The number of carbonyl (C=O) groups is 3. The molecule has 0 saturated carbocycles. The summed E-state index contributed by atoms with van der Waals surface area (Å²) in [6.07, 6.45) is -1.79. The van der Waals surface area contributed by atoms with E-state index in [4.69, 9.17) is 14.2 Å². The normalized spacial score (nSPS) is 20.7. The Morgan fingerprint density at radius 1 is 1.26 bits per heavy atom. The lowest BCUT2D eigenvalue weighted by Gasteiger charge is -2.29. The number of hydrogen-bond donors (Lipinski definition) is 1. The largest absolute Gasteiger partial charge is 0.464 e. The van der Waals surface area contributed by atoms with E-state index in [1.165, 1.54) is 0 Å². The summed E-state index contributed by atoms with van der Waals surface area (Å²) in [5, 5.41) is 2.26. The van der Waals surface area contributed by atoms with Crippen molar-refractivity contribution >= 4 is 18.0 Å². The minimum atomic E-state index is -1.92. The summed E-state index contributed by atoms with van der Waals surface area (Å²) in [6, 6.07) is 0. The van der Waals surface area contributed by atoms with Gasteiger partial charge in [-0.2, -0.15) is 0 Å². The molecule has 0 aliphatic carbocycles. The number of alkyl carbamates (subject to hydrolysis) is 1. The first-order valence-corrected chi connectivity index (χ1v) is 6.23. The maximum atomic E-state index is 12.1. The smallest absolute Gasteiger partial charge is 0.409 e. The molecule has 1 heterocycles. The van der Waals surface area contributed by atoms with Gasteiger partial charge in [0.1, 0.15) is 0 Å². The lowest BCUT2D eigenvalue weighted by molar-refractivity contribution is -0.169. The van der Waals surface area contributed by atoms with Crippen molar-refractivity contribution in [1.82, 2.24) is 5.32 Å². The van der Waals surface area contributed by atoms with Crippen molar-refractivity contribution < 1.29 is 28.6 Å². The summed E-state index contributed by atoms with van der Waals surface area (Å²) in [7, 11) is 0. The molecule has 19 heavy (non-hydrogen) atoms. The molecule has 0 spiro atoms. The van der Waals surface area contributed by atoms with Gasteiger partial charge in [0.25, 0.3) is 5.54 Å². The number of cyclic esters (lactones) is 1. The molecule has 0 radical (unpaired) electrons. The van der Waals surface area contributed by atoms with Crippen LogP contribution < -0.4 is 5.32 Å². The van der Waals surface area contributed by atoms with Gasteiger partial charge in [-0.05, 0) is 19.8 Å². The Labute approximate surface area is 111 Å². The molecule has 1 saturated heterocycles. The van der Waals surface area contributed by atoms with Crippen molar-refractivity contribution in [2.75, 3.05) is 13.2 Å². The highest BCUT2D eigenvalue weighted by Crippen LogP contribution is 2.30. The molecule has 7 heteroatoms. The molecule has 1 N–H and O–H groups in total. The van der Waals surface area contributed by atoms with Crippen LogP contribution in [0.15, 0.2) is 0 Å². The van der Waals surface area contributed by atoms with Crippen LogP contribution in [0.5, 0.6) is 0 Å².